The van der Waals surface area contributed by atoms with Crippen LogP contribution in [0.1, 0.15) is 18.4 Å². The normalized spacial score (nSPS) is 9.94. The van der Waals surface area contributed by atoms with Gasteiger partial charge in [-0.2, -0.15) is 5.26 Å². The highest BCUT2D eigenvalue weighted by molar-refractivity contribution is 5.92. The van der Waals surface area contributed by atoms with E-state index in [-0.39, 0.29) is 0 Å². The first-order chi connectivity index (χ1) is 8.86. The fraction of sp³-hybridized carbons (Fsp3) is 0.188. The summed E-state index contributed by atoms with van der Waals surface area (Å²) in [7, 11) is 0. The topological polar surface area (TPSA) is 33.0 Å². The average Bonchev–Trinajstić information content (AvgIpc) is 2.43. The van der Waals surface area contributed by atoms with Crippen molar-refractivity contribution in [3.63, 3.8) is 0 Å². The molecule has 2 nitrogen and oxygen atoms in total. The standard InChI is InChI=1S/C16H15NO/c1-2-3-6-11-18-16-10-9-13(12-17)14-7-4-5-8-15(14)16/h2,4-5,7-10H,1,3,6,11H2. The van der Waals surface area contributed by atoms with E-state index >= 15 is 0 Å². The number of fused-ring (bicyclic) bond motifs is 1. The Hall–Kier alpha value is -2.27. The van der Waals surface area contributed by atoms with Crippen molar-refractivity contribution in [2.45, 2.75) is 12.8 Å². The minimum Gasteiger partial charge on any atom is -0.493 e. The molecule has 0 saturated heterocycles. The second-order valence-electron chi connectivity index (χ2n) is 4.05. The minimum atomic E-state index is 0.669. The highest BCUT2D eigenvalue weighted by Crippen LogP contribution is 2.28. The lowest BCUT2D eigenvalue weighted by Gasteiger charge is -2.09. The molecule has 0 spiro atoms. The fourth-order valence-corrected chi connectivity index (χ4v) is 1.90. The van der Waals surface area contributed by atoms with Crippen molar-refractivity contribution in [2.24, 2.45) is 0 Å². The van der Waals surface area contributed by atoms with Gasteiger partial charge in [0.25, 0.3) is 0 Å². The van der Waals surface area contributed by atoms with Gasteiger partial charge in [0, 0.05) is 10.8 Å². The Morgan fingerprint density at radius 1 is 1.17 bits per heavy atom. The summed E-state index contributed by atoms with van der Waals surface area (Å²) in [6.07, 6.45) is 3.80. The highest BCUT2D eigenvalue weighted by atomic mass is 16.5. The zero-order chi connectivity index (χ0) is 12.8. The lowest BCUT2D eigenvalue weighted by molar-refractivity contribution is 0.316. The van der Waals surface area contributed by atoms with E-state index in [0.717, 1.165) is 29.4 Å². The Morgan fingerprint density at radius 3 is 2.67 bits per heavy atom. The Balaban J connectivity index is 2.29. The number of hydrogen-bond acceptors (Lipinski definition) is 2. The van der Waals surface area contributed by atoms with Crippen LogP contribution in [0.25, 0.3) is 10.8 Å². The Labute approximate surface area is 107 Å². The number of hydrogen-bond donors (Lipinski definition) is 0. The van der Waals surface area contributed by atoms with Gasteiger partial charge in [0.1, 0.15) is 5.75 Å². The number of unbranched alkanes of at least 4 members (excludes halogenated alkanes) is 1. The SMILES string of the molecule is C=CCCCOc1ccc(C#N)c2ccccc12. The number of benzene rings is 2. The van der Waals surface area contributed by atoms with Crippen LogP contribution in [0, 0.1) is 11.3 Å². The number of rotatable bonds is 5. The van der Waals surface area contributed by atoms with E-state index in [1.807, 2.05) is 42.5 Å². The van der Waals surface area contributed by atoms with Crippen molar-refractivity contribution in [1.29, 1.82) is 5.26 Å². The molecule has 0 aromatic heterocycles. The summed E-state index contributed by atoms with van der Waals surface area (Å²) in [5.74, 6) is 0.841. The molecule has 0 amide bonds. The first-order valence-corrected chi connectivity index (χ1v) is 6.02. The molecule has 0 aliphatic heterocycles. The summed E-state index contributed by atoms with van der Waals surface area (Å²) in [5.41, 5.74) is 0.684. The molecule has 0 unspecified atom stereocenters. The van der Waals surface area contributed by atoms with Gasteiger partial charge < -0.3 is 4.74 Å². The quantitative estimate of drug-likeness (QED) is 0.580. The molecule has 0 atom stereocenters. The molecule has 2 rings (SSSR count). The second-order valence-corrected chi connectivity index (χ2v) is 4.05. The molecule has 0 aliphatic carbocycles. The van der Waals surface area contributed by atoms with E-state index < -0.39 is 0 Å². The first-order valence-electron chi connectivity index (χ1n) is 6.02. The molecule has 0 aliphatic rings. The predicted molar refractivity (Wildman–Crippen MR) is 73.6 cm³/mol. The van der Waals surface area contributed by atoms with Gasteiger partial charge in [-0.15, -0.1) is 6.58 Å². The van der Waals surface area contributed by atoms with E-state index in [1.54, 1.807) is 0 Å². The molecular formula is C16H15NO. The van der Waals surface area contributed by atoms with Crippen LogP contribution >= 0.6 is 0 Å². The third kappa shape index (κ3) is 2.52. The van der Waals surface area contributed by atoms with Crippen molar-refractivity contribution in [1.82, 2.24) is 0 Å². The Kier molecular flexibility index (Phi) is 3.98. The molecule has 0 bridgehead atoms. The van der Waals surface area contributed by atoms with Crippen LogP contribution in [-0.2, 0) is 0 Å². The van der Waals surface area contributed by atoms with Crippen LogP contribution in [0.15, 0.2) is 49.1 Å². The van der Waals surface area contributed by atoms with Crippen molar-refractivity contribution in [3.8, 4) is 11.8 Å². The second kappa shape index (κ2) is 5.88. The molecule has 0 N–H and O–H groups in total. The van der Waals surface area contributed by atoms with Crippen LogP contribution < -0.4 is 4.74 Å². The molecule has 90 valence electrons. The maximum absolute atomic E-state index is 9.07. The summed E-state index contributed by atoms with van der Waals surface area (Å²) >= 11 is 0. The maximum atomic E-state index is 9.07. The summed E-state index contributed by atoms with van der Waals surface area (Å²) < 4.78 is 5.76. The number of allylic oxidation sites excluding steroid dienone is 1. The molecule has 2 aromatic carbocycles. The van der Waals surface area contributed by atoms with Gasteiger partial charge in [-0.05, 0) is 25.0 Å². The van der Waals surface area contributed by atoms with Crippen LogP contribution in [0.5, 0.6) is 5.75 Å². The third-order valence-corrected chi connectivity index (χ3v) is 2.81. The molecular weight excluding hydrogens is 222 g/mol. The molecule has 0 heterocycles. The van der Waals surface area contributed by atoms with Gasteiger partial charge in [0.2, 0.25) is 0 Å². The van der Waals surface area contributed by atoms with E-state index in [4.69, 9.17) is 10.00 Å². The average molecular weight is 237 g/mol. The Morgan fingerprint density at radius 2 is 1.94 bits per heavy atom. The molecule has 0 saturated carbocycles. The predicted octanol–water partition coefficient (Wildman–Crippen LogP) is 4.06. The van der Waals surface area contributed by atoms with E-state index in [2.05, 4.69) is 12.6 Å². The molecule has 0 radical (unpaired) electrons. The van der Waals surface area contributed by atoms with Gasteiger partial charge in [0.15, 0.2) is 0 Å². The van der Waals surface area contributed by atoms with Crippen molar-refractivity contribution >= 4 is 10.8 Å². The van der Waals surface area contributed by atoms with Crippen molar-refractivity contribution in [2.75, 3.05) is 6.61 Å². The molecule has 2 heteroatoms. The van der Waals surface area contributed by atoms with E-state index in [0.29, 0.717) is 12.2 Å². The molecule has 18 heavy (non-hydrogen) atoms. The largest absolute Gasteiger partial charge is 0.493 e. The lowest BCUT2D eigenvalue weighted by Crippen LogP contribution is -1.97. The monoisotopic (exact) mass is 237 g/mol. The minimum absolute atomic E-state index is 0.669. The van der Waals surface area contributed by atoms with Gasteiger partial charge in [-0.3, -0.25) is 0 Å². The zero-order valence-corrected chi connectivity index (χ0v) is 10.2. The van der Waals surface area contributed by atoms with Gasteiger partial charge in [-0.1, -0.05) is 30.3 Å². The van der Waals surface area contributed by atoms with E-state index in [9.17, 15) is 0 Å². The van der Waals surface area contributed by atoms with Gasteiger partial charge in [-0.25, -0.2) is 0 Å². The number of nitriles is 1. The highest BCUT2D eigenvalue weighted by Gasteiger charge is 2.05. The smallest absolute Gasteiger partial charge is 0.127 e. The van der Waals surface area contributed by atoms with Crippen molar-refractivity contribution < 1.29 is 4.74 Å². The summed E-state index contributed by atoms with van der Waals surface area (Å²) in [6, 6.07) is 13.7. The van der Waals surface area contributed by atoms with Gasteiger partial charge >= 0.3 is 0 Å². The number of ether oxygens (including phenoxy) is 1. The first kappa shape index (κ1) is 12.2. The summed E-state index contributed by atoms with van der Waals surface area (Å²) in [5, 5.41) is 11.0. The molecule has 0 fully saturated rings. The Bertz CT molecular complexity index is 596. The maximum Gasteiger partial charge on any atom is 0.127 e. The van der Waals surface area contributed by atoms with Crippen molar-refractivity contribution in [3.05, 3.63) is 54.6 Å². The molecule has 2 aromatic rings. The zero-order valence-electron chi connectivity index (χ0n) is 10.2. The van der Waals surface area contributed by atoms with Crippen LogP contribution in [-0.4, -0.2) is 6.61 Å². The third-order valence-electron chi connectivity index (χ3n) is 2.81. The van der Waals surface area contributed by atoms with Gasteiger partial charge in [0.05, 0.1) is 18.2 Å². The lowest BCUT2D eigenvalue weighted by atomic mass is 10.0. The van der Waals surface area contributed by atoms with Crippen LogP contribution in [0.4, 0.5) is 0 Å². The van der Waals surface area contributed by atoms with E-state index in [1.165, 1.54) is 0 Å². The summed E-state index contributed by atoms with van der Waals surface area (Å²) in [4.78, 5) is 0. The number of nitrogens with zero attached hydrogens (tertiary/aromatic N) is 1. The summed E-state index contributed by atoms with van der Waals surface area (Å²) in [6.45, 7) is 4.35. The van der Waals surface area contributed by atoms with Crippen LogP contribution in [0.2, 0.25) is 0 Å². The van der Waals surface area contributed by atoms with Crippen LogP contribution in [0.3, 0.4) is 0 Å². The fourth-order valence-electron chi connectivity index (χ4n) is 1.90.